The van der Waals surface area contributed by atoms with Crippen LogP contribution in [0.15, 0.2) is 78.9 Å². The Balaban J connectivity index is 1.45. The first-order valence-corrected chi connectivity index (χ1v) is 10.2. The van der Waals surface area contributed by atoms with Crippen LogP contribution in [-0.4, -0.2) is 24.3 Å². The highest BCUT2D eigenvalue weighted by Gasteiger charge is 2.35. The lowest BCUT2D eigenvalue weighted by atomic mass is 10.1. The van der Waals surface area contributed by atoms with E-state index in [0.717, 1.165) is 0 Å². The maximum absolute atomic E-state index is 12.6. The number of rotatable bonds is 5. The van der Waals surface area contributed by atoms with Crippen molar-refractivity contribution in [3.63, 3.8) is 0 Å². The third kappa shape index (κ3) is 4.92. The molecule has 0 saturated carbocycles. The van der Waals surface area contributed by atoms with Gasteiger partial charge in [-0.25, -0.2) is 0 Å². The van der Waals surface area contributed by atoms with Crippen molar-refractivity contribution >= 4 is 46.4 Å². The quantitative estimate of drug-likeness (QED) is 0.618. The molecule has 0 aromatic heterocycles. The largest absolute Gasteiger partial charge is 0.326 e. The van der Waals surface area contributed by atoms with Crippen molar-refractivity contribution in [2.75, 3.05) is 22.1 Å². The molecule has 6 nitrogen and oxygen atoms in total. The van der Waals surface area contributed by atoms with Crippen LogP contribution in [-0.2, 0) is 9.59 Å². The van der Waals surface area contributed by atoms with Gasteiger partial charge in [0, 0.05) is 40.6 Å². The van der Waals surface area contributed by atoms with E-state index < -0.39 is 5.92 Å². The molecule has 4 rings (SSSR count). The Hall–Kier alpha value is -3.64. The highest BCUT2D eigenvalue weighted by Crippen LogP contribution is 2.27. The lowest BCUT2D eigenvalue weighted by Crippen LogP contribution is -2.28. The summed E-state index contributed by atoms with van der Waals surface area (Å²) in [6.45, 7) is 0.245. The normalized spacial score (nSPS) is 15.6. The van der Waals surface area contributed by atoms with Gasteiger partial charge in [0.2, 0.25) is 11.8 Å². The highest BCUT2D eigenvalue weighted by molar-refractivity contribution is 6.30. The SMILES string of the molecule is O=C(Nc1ccccc1)c1cccc(N2CC(C(=O)Nc3cccc(Cl)c3)CC2=O)c1. The Bertz CT molecular complexity index is 1130. The minimum absolute atomic E-state index is 0.104. The van der Waals surface area contributed by atoms with Crippen LogP contribution in [0.4, 0.5) is 17.1 Å². The summed E-state index contributed by atoms with van der Waals surface area (Å²) in [5.41, 5.74) is 2.29. The summed E-state index contributed by atoms with van der Waals surface area (Å²) >= 11 is 5.96. The van der Waals surface area contributed by atoms with Crippen LogP contribution in [0.2, 0.25) is 5.02 Å². The van der Waals surface area contributed by atoms with Crippen molar-refractivity contribution in [2.24, 2.45) is 5.92 Å². The van der Waals surface area contributed by atoms with Crippen LogP contribution in [0.25, 0.3) is 0 Å². The van der Waals surface area contributed by atoms with E-state index in [1.807, 2.05) is 18.2 Å². The second kappa shape index (κ2) is 9.02. The van der Waals surface area contributed by atoms with Gasteiger partial charge in [-0.05, 0) is 48.5 Å². The van der Waals surface area contributed by atoms with Crippen LogP contribution < -0.4 is 15.5 Å². The van der Waals surface area contributed by atoms with Gasteiger partial charge in [-0.3, -0.25) is 14.4 Å². The third-order valence-electron chi connectivity index (χ3n) is 5.04. The van der Waals surface area contributed by atoms with Gasteiger partial charge in [-0.2, -0.15) is 0 Å². The summed E-state index contributed by atoms with van der Waals surface area (Å²) < 4.78 is 0. The highest BCUT2D eigenvalue weighted by atomic mass is 35.5. The summed E-state index contributed by atoms with van der Waals surface area (Å²) in [4.78, 5) is 39.3. The van der Waals surface area contributed by atoms with Gasteiger partial charge in [0.1, 0.15) is 0 Å². The predicted octanol–water partition coefficient (Wildman–Crippen LogP) is 4.58. The number of halogens is 1. The molecule has 0 bridgehead atoms. The average Bonchev–Trinajstić information content (AvgIpc) is 3.16. The van der Waals surface area contributed by atoms with Gasteiger partial charge in [0.25, 0.3) is 5.91 Å². The second-order valence-electron chi connectivity index (χ2n) is 7.28. The zero-order valence-electron chi connectivity index (χ0n) is 16.5. The zero-order chi connectivity index (χ0) is 21.8. The number of hydrogen-bond acceptors (Lipinski definition) is 3. The van der Waals surface area contributed by atoms with Crippen LogP contribution in [0.1, 0.15) is 16.8 Å². The van der Waals surface area contributed by atoms with Crippen LogP contribution >= 0.6 is 11.6 Å². The molecule has 3 aromatic carbocycles. The first-order chi connectivity index (χ1) is 15.0. The fraction of sp³-hybridized carbons (Fsp3) is 0.125. The van der Waals surface area contributed by atoms with E-state index in [1.54, 1.807) is 65.6 Å². The summed E-state index contributed by atoms with van der Waals surface area (Å²) in [6, 6.07) is 22.8. The molecule has 2 N–H and O–H groups in total. The molecule has 1 unspecified atom stereocenters. The zero-order valence-corrected chi connectivity index (χ0v) is 17.3. The number of carbonyl (C=O) groups is 3. The molecular weight excluding hydrogens is 414 g/mol. The number of anilines is 3. The molecule has 31 heavy (non-hydrogen) atoms. The number of para-hydroxylation sites is 1. The summed E-state index contributed by atoms with van der Waals surface area (Å²) in [5, 5.41) is 6.16. The number of benzene rings is 3. The molecule has 0 aliphatic carbocycles. The minimum Gasteiger partial charge on any atom is -0.326 e. The van der Waals surface area contributed by atoms with Crippen LogP contribution in [0.3, 0.4) is 0 Å². The van der Waals surface area contributed by atoms with Crippen molar-refractivity contribution in [3.05, 3.63) is 89.4 Å². The van der Waals surface area contributed by atoms with Gasteiger partial charge in [-0.15, -0.1) is 0 Å². The first-order valence-electron chi connectivity index (χ1n) is 9.83. The Morgan fingerprint density at radius 1 is 0.871 bits per heavy atom. The number of nitrogens with zero attached hydrogens (tertiary/aromatic N) is 1. The average molecular weight is 434 g/mol. The van der Waals surface area contributed by atoms with Gasteiger partial charge in [-0.1, -0.05) is 41.9 Å². The molecule has 1 atom stereocenters. The Kier molecular flexibility index (Phi) is 6.00. The number of hydrogen-bond donors (Lipinski definition) is 2. The molecule has 1 heterocycles. The van der Waals surface area contributed by atoms with E-state index in [0.29, 0.717) is 27.6 Å². The Morgan fingerprint density at radius 3 is 2.39 bits per heavy atom. The summed E-state index contributed by atoms with van der Waals surface area (Å²) in [5.74, 6) is -1.16. The minimum atomic E-state index is -0.492. The third-order valence-corrected chi connectivity index (χ3v) is 5.27. The van der Waals surface area contributed by atoms with Crippen LogP contribution in [0.5, 0.6) is 0 Å². The molecule has 3 amide bonds. The fourth-order valence-electron chi connectivity index (χ4n) is 3.48. The summed E-state index contributed by atoms with van der Waals surface area (Å²) in [6.07, 6.45) is 0.104. The van der Waals surface area contributed by atoms with E-state index in [-0.39, 0.29) is 30.7 Å². The molecule has 0 radical (unpaired) electrons. The predicted molar refractivity (Wildman–Crippen MR) is 121 cm³/mol. The van der Waals surface area contributed by atoms with Gasteiger partial charge >= 0.3 is 0 Å². The molecule has 1 aliphatic rings. The van der Waals surface area contributed by atoms with E-state index in [9.17, 15) is 14.4 Å². The molecule has 7 heteroatoms. The smallest absolute Gasteiger partial charge is 0.255 e. The van der Waals surface area contributed by atoms with Crippen molar-refractivity contribution in [1.29, 1.82) is 0 Å². The van der Waals surface area contributed by atoms with Crippen LogP contribution in [0, 0.1) is 5.92 Å². The molecule has 156 valence electrons. The Labute approximate surface area is 184 Å². The maximum Gasteiger partial charge on any atom is 0.255 e. The van der Waals surface area contributed by atoms with Crippen molar-refractivity contribution < 1.29 is 14.4 Å². The number of amides is 3. The van der Waals surface area contributed by atoms with Gasteiger partial charge < -0.3 is 15.5 Å². The molecule has 1 fully saturated rings. The Morgan fingerprint density at radius 2 is 1.61 bits per heavy atom. The van der Waals surface area contributed by atoms with E-state index in [1.165, 1.54) is 0 Å². The standard InChI is InChI=1S/C24H20ClN3O3/c25-18-7-5-10-20(14-18)27-24(31)17-13-22(29)28(15-17)21-11-4-6-16(12-21)23(30)26-19-8-2-1-3-9-19/h1-12,14,17H,13,15H2,(H,26,30)(H,27,31). The monoisotopic (exact) mass is 433 g/mol. The number of nitrogens with one attached hydrogen (secondary N) is 2. The summed E-state index contributed by atoms with van der Waals surface area (Å²) in [7, 11) is 0. The second-order valence-corrected chi connectivity index (χ2v) is 7.71. The number of carbonyl (C=O) groups excluding carboxylic acids is 3. The molecule has 1 saturated heterocycles. The van der Waals surface area contributed by atoms with E-state index in [2.05, 4.69) is 10.6 Å². The lowest BCUT2D eigenvalue weighted by Gasteiger charge is -2.18. The topological polar surface area (TPSA) is 78.5 Å². The molecular formula is C24H20ClN3O3. The van der Waals surface area contributed by atoms with Crippen molar-refractivity contribution in [3.8, 4) is 0 Å². The van der Waals surface area contributed by atoms with Crippen molar-refractivity contribution in [2.45, 2.75) is 6.42 Å². The van der Waals surface area contributed by atoms with Gasteiger partial charge in [0.15, 0.2) is 0 Å². The van der Waals surface area contributed by atoms with E-state index in [4.69, 9.17) is 11.6 Å². The molecule has 0 spiro atoms. The molecule has 3 aromatic rings. The van der Waals surface area contributed by atoms with Crippen molar-refractivity contribution in [1.82, 2.24) is 0 Å². The molecule has 1 aliphatic heterocycles. The fourth-order valence-corrected chi connectivity index (χ4v) is 3.67. The lowest BCUT2D eigenvalue weighted by molar-refractivity contribution is -0.122. The van der Waals surface area contributed by atoms with E-state index >= 15 is 0 Å². The first kappa shape index (κ1) is 20.6. The maximum atomic E-state index is 12.6. The van der Waals surface area contributed by atoms with Gasteiger partial charge in [0.05, 0.1) is 5.92 Å².